The zero-order valence-corrected chi connectivity index (χ0v) is 9.39. The Morgan fingerprint density at radius 2 is 2.00 bits per heavy atom. The van der Waals surface area contributed by atoms with Crippen LogP contribution >= 0.6 is 15.9 Å². The number of nitrogens with zero attached hydrogens (tertiary/aromatic N) is 1. The first-order chi connectivity index (χ1) is 7.20. The van der Waals surface area contributed by atoms with E-state index in [0.717, 1.165) is 23.5 Å². The van der Waals surface area contributed by atoms with Gasteiger partial charge in [0.05, 0.1) is 5.52 Å². The fourth-order valence-electron chi connectivity index (χ4n) is 1.44. The summed E-state index contributed by atoms with van der Waals surface area (Å²) in [5.74, 6) is -1.16. The van der Waals surface area contributed by atoms with Gasteiger partial charge in [-0.25, -0.2) is 8.78 Å². The van der Waals surface area contributed by atoms with Crippen molar-refractivity contribution in [3.8, 4) is 0 Å². The second-order valence-corrected chi connectivity index (χ2v) is 3.99. The smallest absolute Gasteiger partial charge is 0.135 e. The summed E-state index contributed by atoms with van der Waals surface area (Å²) in [6.07, 6.45) is 0.744. The maximum atomic E-state index is 13.3. The lowest BCUT2D eigenvalue weighted by Crippen LogP contribution is -1.93. The molecule has 0 aliphatic carbocycles. The van der Waals surface area contributed by atoms with Crippen molar-refractivity contribution in [1.82, 2.24) is 4.98 Å². The Labute approximate surface area is 94.3 Å². The molecule has 0 N–H and O–H groups in total. The third-order valence-electron chi connectivity index (χ3n) is 2.13. The van der Waals surface area contributed by atoms with E-state index < -0.39 is 11.6 Å². The highest BCUT2D eigenvalue weighted by molar-refractivity contribution is 9.09. The largest absolute Gasteiger partial charge is 0.253 e. The minimum absolute atomic E-state index is 0.356. The van der Waals surface area contributed by atoms with E-state index in [4.69, 9.17) is 0 Å². The Morgan fingerprint density at radius 1 is 1.20 bits per heavy atom. The fourth-order valence-corrected chi connectivity index (χ4v) is 1.84. The Hall–Kier alpha value is -1.03. The van der Waals surface area contributed by atoms with Crippen LogP contribution in [-0.2, 0) is 6.42 Å². The number of aromatic nitrogens is 1. The number of hydrogen-bond acceptors (Lipinski definition) is 1. The molecule has 4 heteroatoms. The van der Waals surface area contributed by atoms with Gasteiger partial charge in [-0.1, -0.05) is 15.9 Å². The minimum Gasteiger partial charge on any atom is -0.253 e. The van der Waals surface area contributed by atoms with Gasteiger partial charge in [-0.3, -0.25) is 4.98 Å². The third kappa shape index (κ3) is 2.15. The molecule has 1 aromatic heterocycles. The molecule has 1 aromatic carbocycles. The molecule has 0 unspecified atom stereocenters. The van der Waals surface area contributed by atoms with Gasteiger partial charge in [0.25, 0.3) is 0 Å². The van der Waals surface area contributed by atoms with Crippen molar-refractivity contribution in [2.24, 2.45) is 0 Å². The normalized spacial score (nSPS) is 10.9. The molecule has 78 valence electrons. The fraction of sp³-hybridized carbons (Fsp3) is 0.182. The predicted octanol–water partition coefficient (Wildman–Crippen LogP) is 3.45. The van der Waals surface area contributed by atoms with Crippen molar-refractivity contribution in [1.29, 1.82) is 0 Å². The van der Waals surface area contributed by atoms with Gasteiger partial charge in [-0.2, -0.15) is 0 Å². The standard InChI is InChI=1S/C11H8BrF2N/c12-4-3-8-1-2-9-10(14)5-7(13)6-11(9)15-8/h1-2,5-6H,3-4H2. The number of fused-ring (bicyclic) bond motifs is 1. The molecule has 1 heterocycles. The second kappa shape index (κ2) is 4.23. The summed E-state index contributed by atoms with van der Waals surface area (Å²) in [6, 6.07) is 5.50. The molecule has 0 fully saturated rings. The minimum atomic E-state index is -0.594. The van der Waals surface area contributed by atoms with Crippen LogP contribution in [0.15, 0.2) is 24.3 Å². The molecule has 15 heavy (non-hydrogen) atoms. The highest BCUT2D eigenvalue weighted by atomic mass is 79.9. The lowest BCUT2D eigenvalue weighted by atomic mass is 10.1. The first-order valence-corrected chi connectivity index (χ1v) is 5.63. The Bertz CT molecular complexity index is 499. The molecule has 0 saturated carbocycles. The van der Waals surface area contributed by atoms with Crippen molar-refractivity contribution >= 4 is 26.8 Å². The zero-order chi connectivity index (χ0) is 10.8. The predicted molar refractivity (Wildman–Crippen MR) is 59.2 cm³/mol. The van der Waals surface area contributed by atoms with E-state index in [1.54, 1.807) is 12.1 Å². The number of benzene rings is 1. The maximum Gasteiger partial charge on any atom is 0.135 e. The van der Waals surface area contributed by atoms with E-state index in [-0.39, 0.29) is 0 Å². The van der Waals surface area contributed by atoms with Gasteiger partial charge in [-0.05, 0) is 18.6 Å². The summed E-state index contributed by atoms with van der Waals surface area (Å²) < 4.78 is 26.2. The van der Waals surface area contributed by atoms with Crippen LogP contribution in [0.4, 0.5) is 8.78 Å². The van der Waals surface area contributed by atoms with Crippen molar-refractivity contribution in [3.05, 3.63) is 41.6 Å². The summed E-state index contributed by atoms with van der Waals surface area (Å²) in [5, 5.41) is 1.14. The highest BCUT2D eigenvalue weighted by Gasteiger charge is 2.05. The van der Waals surface area contributed by atoms with Crippen molar-refractivity contribution < 1.29 is 8.78 Å². The number of rotatable bonds is 2. The van der Waals surface area contributed by atoms with Gasteiger partial charge in [0.15, 0.2) is 0 Å². The molecule has 0 aliphatic rings. The van der Waals surface area contributed by atoms with E-state index in [1.165, 1.54) is 6.07 Å². The van der Waals surface area contributed by atoms with Gasteiger partial charge in [0.2, 0.25) is 0 Å². The average molecular weight is 272 g/mol. The molecule has 0 amide bonds. The monoisotopic (exact) mass is 271 g/mol. The first kappa shape index (κ1) is 10.5. The second-order valence-electron chi connectivity index (χ2n) is 3.20. The number of alkyl halides is 1. The molecule has 2 aromatic rings. The van der Waals surface area contributed by atoms with Crippen LogP contribution in [0, 0.1) is 11.6 Å². The first-order valence-electron chi connectivity index (χ1n) is 4.51. The van der Waals surface area contributed by atoms with Crippen molar-refractivity contribution in [3.63, 3.8) is 0 Å². The lowest BCUT2D eigenvalue weighted by molar-refractivity contribution is 0.591. The summed E-state index contributed by atoms with van der Waals surface area (Å²) in [4.78, 5) is 4.18. The van der Waals surface area contributed by atoms with E-state index in [1.807, 2.05) is 0 Å². The van der Waals surface area contributed by atoms with E-state index in [0.29, 0.717) is 10.9 Å². The van der Waals surface area contributed by atoms with Crippen LogP contribution in [0.2, 0.25) is 0 Å². The topological polar surface area (TPSA) is 12.9 Å². The molecule has 0 spiro atoms. The number of halogens is 3. The van der Waals surface area contributed by atoms with E-state index in [9.17, 15) is 8.78 Å². The molecule has 0 atom stereocenters. The van der Waals surface area contributed by atoms with Gasteiger partial charge < -0.3 is 0 Å². The molecule has 0 radical (unpaired) electrons. The van der Waals surface area contributed by atoms with Crippen LogP contribution in [0.3, 0.4) is 0 Å². The van der Waals surface area contributed by atoms with Crippen LogP contribution in [-0.4, -0.2) is 10.3 Å². The Morgan fingerprint density at radius 3 is 2.73 bits per heavy atom. The lowest BCUT2D eigenvalue weighted by Gasteiger charge is -2.02. The molecule has 0 aliphatic heterocycles. The van der Waals surface area contributed by atoms with E-state index in [2.05, 4.69) is 20.9 Å². The summed E-state index contributed by atoms with van der Waals surface area (Å²) in [7, 11) is 0. The summed E-state index contributed by atoms with van der Waals surface area (Å²) in [5.41, 5.74) is 1.19. The highest BCUT2D eigenvalue weighted by Crippen LogP contribution is 2.18. The molecular formula is C11H8BrF2N. The molecule has 1 nitrogen and oxygen atoms in total. The summed E-state index contributed by atoms with van der Waals surface area (Å²) >= 11 is 3.29. The Balaban J connectivity index is 2.60. The van der Waals surface area contributed by atoms with Crippen LogP contribution in [0.5, 0.6) is 0 Å². The molecule has 2 rings (SSSR count). The van der Waals surface area contributed by atoms with E-state index >= 15 is 0 Å². The average Bonchev–Trinajstić information content (AvgIpc) is 2.17. The molecular weight excluding hydrogens is 264 g/mol. The van der Waals surface area contributed by atoms with Crippen LogP contribution < -0.4 is 0 Å². The van der Waals surface area contributed by atoms with Gasteiger partial charge in [0.1, 0.15) is 11.6 Å². The quantitative estimate of drug-likeness (QED) is 0.763. The number of aryl methyl sites for hydroxylation is 1. The zero-order valence-electron chi connectivity index (χ0n) is 7.80. The Kier molecular flexibility index (Phi) is 2.95. The van der Waals surface area contributed by atoms with Gasteiger partial charge in [-0.15, -0.1) is 0 Å². The van der Waals surface area contributed by atoms with Gasteiger partial charge in [0, 0.05) is 28.5 Å². The van der Waals surface area contributed by atoms with Gasteiger partial charge >= 0.3 is 0 Å². The summed E-state index contributed by atoms with van der Waals surface area (Å²) in [6.45, 7) is 0. The SMILES string of the molecule is Fc1cc(F)c2ccc(CCBr)nc2c1. The van der Waals surface area contributed by atoms with Crippen molar-refractivity contribution in [2.45, 2.75) is 6.42 Å². The molecule has 0 saturated heterocycles. The van der Waals surface area contributed by atoms with Crippen LogP contribution in [0.1, 0.15) is 5.69 Å². The molecule has 0 bridgehead atoms. The number of hydrogen-bond donors (Lipinski definition) is 0. The maximum absolute atomic E-state index is 13.3. The van der Waals surface area contributed by atoms with Crippen LogP contribution in [0.25, 0.3) is 10.9 Å². The third-order valence-corrected chi connectivity index (χ3v) is 2.53. The number of pyridine rings is 1. The van der Waals surface area contributed by atoms with Crippen molar-refractivity contribution in [2.75, 3.05) is 5.33 Å².